The number of phenols is 2. The largest absolute Gasteiger partial charge is 0.504 e. The van der Waals surface area contributed by atoms with Crippen LogP contribution >= 0.6 is 0 Å². The van der Waals surface area contributed by atoms with Crippen LogP contribution in [0, 0.1) is 0 Å². The SMILES string of the molecule is CCOc1cccc(/C=N/NC(=O)CCCCC(=O)N/N=C/c2cccc(OCC)c2O)c1O. The number of aromatic hydroxyl groups is 2. The third-order valence-corrected chi connectivity index (χ3v) is 4.50. The number of rotatable bonds is 13. The molecule has 0 aliphatic heterocycles. The summed E-state index contributed by atoms with van der Waals surface area (Å²) in [7, 11) is 0. The van der Waals surface area contributed by atoms with Gasteiger partial charge in [0, 0.05) is 24.0 Å². The summed E-state index contributed by atoms with van der Waals surface area (Å²) in [6.07, 6.45) is 4.03. The van der Waals surface area contributed by atoms with Crippen LogP contribution in [0.2, 0.25) is 0 Å². The van der Waals surface area contributed by atoms with Gasteiger partial charge in [-0.3, -0.25) is 9.59 Å². The highest BCUT2D eigenvalue weighted by Crippen LogP contribution is 2.29. The summed E-state index contributed by atoms with van der Waals surface area (Å²) in [5, 5.41) is 27.9. The predicted octanol–water partition coefficient (Wildman–Crippen LogP) is 3.06. The number of benzene rings is 2. The predicted molar refractivity (Wildman–Crippen MR) is 128 cm³/mol. The molecule has 2 aromatic carbocycles. The van der Waals surface area contributed by atoms with Crippen molar-refractivity contribution in [1.82, 2.24) is 10.9 Å². The third kappa shape index (κ3) is 8.45. The summed E-state index contributed by atoms with van der Waals surface area (Å²) in [6.45, 7) is 4.46. The number of nitrogens with one attached hydrogen (secondary N) is 2. The number of para-hydroxylation sites is 2. The molecule has 0 spiro atoms. The molecule has 0 fully saturated rings. The summed E-state index contributed by atoms with van der Waals surface area (Å²) < 4.78 is 10.6. The van der Waals surface area contributed by atoms with Gasteiger partial charge >= 0.3 is 0 Å². The molecule has 34 heavy (non-hydrogen) atoms. The first-order chi connectivity index (χ1) is 16.5. The number of hydrogen-bond donors (Lipinski definition) is 4. The molecule has 0 saturated heterocycles. The van der Waals surface area contributed by atoms with E-state index in [1.165, 1.54) is 12.4 Å². The van der Waals surface area contributed by atoms with Gasteiger partial charge in [-0.15, -0.1) is 0 Å². The van der Waals surface area contributed by atoms with Gasteiger partial charge in [0.1, 0.15) is 0 Å². The Morgan fingerprint density at radius 1 is 0.794 bits per heavy atom. The minimum absolute atomic E-state index is 0.0479. The molecular weight excluding hydrogens is 440 g/mol. The van der Waals surface area contributed by atoms with Crippen molar-refractivity contribution < 1.29 is 29.3 Å². The van der Waals surface area contributed by atoms with E-state index in [1.54, 1.807) is 36.4 Å². The zero-order valence-corrected chi connectivity index (χ0v) is 19.3. The van der Waals surface area contributed by atoms with Gasteiger partial charge in [0.25, 0.3) is 0 Å². The van der Waals surface area contributed by atoms with E-state index in [9.17, 15) is 19.8 Å². The first-order valence-electron chi connectivity index (χ1n) is 11.0. The second kappa shape index (κ2) is 14.1. The highest BCUT2D eigenvalue weighted by molar-refractivity contribution is 5.87. The maximum atomic E-state index is 11.9. The fourth-order valence-electron chi connectivity index (χ4n) is 2.86. The Kier molecular flexibility index (Phi) is 10.9. The average molecular weight is 471 g/mol. The molecule has 0 unspecified atom stereocenters. The maximum absolute atomic E-state index is 11.9. The minimum Gasteiger partial charge on any atom is -0.504 e. The van der Waals surface area contributed by atoms with Crippen LogP contribution in [0.15, 0.2) is 46.6 Å². The number of hydrogen-bond acceptors (Lipinski definition) is 8. The van der Waals surface area contributed by atoms with Crippen molar-refractivity contribution in [2.24, 2.45) is 10.2 Å². The normalized spacial score (nSPS) is 11.0. The highest BCUT2D eigenvalue weighted by atomic mass is 16.5. The Morgan fingerprint density at radius 2 is 1.21 bits per heavy atom. The molecule has 2 rings (SSSR count). The minimum atomic E-state index is -0.306. The molecule has 2 aromatic rings. The zero-order chi connectivity index (χ0) is 24.8. The van der Waals surface area contributed by atoms with Crippen LogP contribution in [0.25, 0.3) is 0 Å². The number of ether oxygens (including phenoxy) is 2. The molecule has 10 heteroatoms. The van der Waals surface area contributed by atoms with Gasteiger partial charge in [0.2, 0.25) is 11.8 Å². The standard InChI is InChI=1S/C24H30N4O6/c1-3-33-19-11-7-9-17(23(19)31)15-25-27-21(29)13-5-6-14-22(30)28-26-16-18-10-8-12-20(24(18)32)34-4-2/h7-12,15-16,31-32H,3-6,13-14H2,1-2H3,(H,27,29)(H,28,30)/b25-15+,26-16+. The molecule has 10 nitrogen and oxygen atoms in total. The maximum Gasteiger partial charge on any atom is 0.240 e. The lowest BCUT2D eigenvalue weighted by Gasteiger charge is -2.07. The number of hydrazone groups is 2. The molecule has 0 saturated carbocycles. The summed E-state index contributed by atoms with van der Waals surface area (Å²) in [5.74, 6) is -0.0199. The lowest BCUT2D eigenvalue weighted by Crippen LogP contribution is -2.19. The molecule has 0 heterocycles. The molecule has 0 atom stereocenters. The van der Waals surface area contributed by atoms with E-state index >= 15 is 0 Å². The van der Waals surface area contributed by atoms with E-state index in [0.29, 0.717) is 48.7 Å². The van der Waals surface area contributed by atoms with E-state index in [4.69, 9.17) is 9.47 Å². The van der Waals surface area contributed by atoms with Crippen molar-refractivity contribution in [3.63, 3.8) is 0 Å². The van der Waals surface area contributed by atoms with Crippen LogP contribution in [0.5, 0.6) is 23.0 Å². The van der Waals surface area contributed by atoms with Crippen LogP contribution in [-0.2, 0) is 9.59 Å². The highest BCUT2D eigenvalue weighted by Gasteiger charge is 2.08. The van der Waals surface area contributed by atoms with Crippen LogP contribution in [0.3, 0.4) is 0 Å². The molecule has 0 aliphatic carbocycles. The first kappa shape index (κ1) is 26.2. The number of carbonyl (C=O) groups excluding carboxylic acids is 2. The van der Waals surface area contributed by atoms with Crippen LogP contribution in [0.1, 0.15) is 50.7 Å². The number of amides is 2. The number of nitrogens with zero attached hydrogens (tertiary/aromatic N) is 2. The van der Waals surface area contributed by atoms with Crippen molar-refractivity contribution in [3.8, 4) is 23.0 Å². The van der Waals surface area contributed by atoms with Crippen LogP contribution in [0.4, 0.5) is 0 Å². The van der Waals surface area contributed by atoms with E-state index in [2.05, 4.69) is 21.1 Å². The Balaban J connectivity index is 1.68. The van der Waals surface area contributed by atoms with E-state index in [-0.39, 0.29) is 36.2 Å². The zero-order valence-electron chi connectivity index (χ0n) is 19.3. The van der Waals surface area contributed by atoms with Gasteiger partial charge in [0.15, 0.2) is 23.0 Å². The van der Waals surface area contributed by atoms with E-state index in [1.807, 2.05) is 13.8 Å². The van der Waals surface area contributed by atoms with Gasteiger partial charge in [0.05, 0.1) is 25.6 Å². The van der Waals surface area contributed by atoms with E-state index in [0.717, 1.165) is 0 Å². The van der Waals surface area contributed by atoms with Crippen LogP contribution in [-0.4, -0.2) is 47.7 Å². The van der Waals surface area contributed by atoms with Crippen molar-refractivity contribution >= 4 is 24.2 Å². The molecule has 182 valence electrons. The molecule has 0 bridgehead atoms. The molecule has 0 aromatic heterocycles. The molecule has 2 amide bonds. The summed E-state index contributed by atoms with van der Waals surface area (Å²) >= 11 is 0. The monoisotopic (exact) mass is 470 g/mol. The second-order valence-corrected chi connectivity index (χ2v) is 7.05. The number of carbonyl (C=O) groups is 2. The smallest absolute Gasteiger partial charge is 0.240 e. The summed E-state index contributed by atoms with van der Waals surface area (Å²) in [6, 6.07) is 9.99. The van der Waals surface area contributed by atoms with Gasteiger partial charge in [-0.2, -0.15) is 10.2 Å². The van der Waals surface area contributed by atoms with Gasteiger partial charge in [-0.1, -0.05) is 12.1 Å². The summed E-state index contributed by atoms with van der Waals surface area (Å²) in [4.78, 5) is 23.8. The first-order valence-corrected chi connectivity index (χ1v) is 11.0. The Hall–Kier alpha value is -4.08. The fraction of sp³-hybridized carbons (Fsp3) is 0.333. The Morgan fingerprint density at radius 3 is 1.59 bits per heavy atom. The lowest BCUT2D eigenvalue weighted by atomic mass is 10.2. The van der Waals surface area contributed by atoms with Crippen molar-refractivity contribution in [2.45, 2.75) is 39.5 Å². The molecule has 0 radical (unpaired) electrons. The van der Waals surface area contributed by atoms with Gasteiger partial charge in [-0.25, -0.2) is 10.9 Å². The van der Waals surface area contributed by atoms with Crippen LogP contribution < -0.4 is 20.3 Å². The topological polar surface area (TPSA) is 142 Å². The van der Waals surface area contributed by atoms with Crippen molar-refractivity contribution in [1.29, 1.82) is 0 Å². The van der Waals surface area contributed by atoms with Crippen molar-refractivity contribution in [3.05, 3.63) is 47.5 Å². The number of unbranched alkanes of at least 4 members (excludes halogenated alkanes) is 1. The molecule has 0 aliphatic rings. The number of phenolic OH excluding ortho intramolecular Hbond substituents is 2. The fourth-order valence-corrected chi connectivity index (χ4v) is 2.86. The van der Waals surface area contributed by atoms with Crippen molar-refractivity contribution in [2.75, 3.05) is 13.2 Å². The second-order valence-electron chi connectivity index (χ2n) is 7.05. The Labute approximate surface area is 198 Å². The third-order valence-electron chi connectivity index (χ3n) is 4.50. The lowest BCUT2D eigenvalue weighted by molar-refractivity contribution is -0.123. The Bertz CT molecular complexity index is 941. The quantitative estimate of drug-likeness (QED) is 0.201. The van der Waals surface area contributed by atoms with Gasteiger partial charge < -0.3 is 19.7 Å². The molecular formula is C24H30N4O6. The average Bonchev–Trinajstić information content (AvgIpc) is 2.82. The van der Waals surface area contributed by atoms with Gasteiger partial charge in [-0.05, 0) is 51.0 Å². The van der Waals surface area contributed by atoms with E-state index < -0.39 is 0 Å². The molecule has 4 N–H and O–H groups in total. The summed E-state index contributed by atoms with van der Waals surface area (Å²) in [5.41, 5.74) is 5.62.